The second kappa shape index (κ2) is 12.9. The number of halogens is 3. The number of ether oxygens (including phenoxy) is 2. The third kappa shape index (κ3) is 7.56. The summed E-state index contributed by atoms with van der Waals surface area (Å²) in [5.74, 6) is -0.955. The molecule has 0 radical (unpaired) electrons. The van der Waals surface area contributed by atoms with Crippen molar-refractivity contribution in [3.8, 4) is 11.5 Å². The molecule has 5 rings (SSSR count). The molecule has 13 heteroatoms. The minimum Gasteiger partial charge on any atom is -0.486 e. The molecule has 2 heterocycles. The monoisotopic (exact) mass is 646 g/mol. The molecule has 0 aliphatic carbocycles. The largest absolute Gasteiger partial charge is 0.486 e. The van der Waals surface area contributed by atoms with E-state index in [2.05, 4.69) is 4.72 Å². The van der Waals surface area contributed by atoms with E-state index >= 15 is 0 Å². The van der Waals surface area contributed by atoms with Crippen LogP contribution in [0.4, 0.5) is 13.2 Å². The fourth-order valence-corrected chi connectivity index (χ4v) is 6.85. The SMILES string of the molecule is Cc1ccc(S(=O)(=O)NC(=O)C2CCCN(C(=O)C=Cc3ccc(Sc4ccc5c(c4)OCCO5)c(C(F)(F)F)c3)C2)cc1. The molecule has 3 aromatic rings. The normalized spacial score (nSPS) is 17.0. The summed E-state index contributed by atoms with van der Waals surface area (Å²) in [4.78, 5) is 27.6. The minimum absolute atomic E-state index is 0.0110. The Hall–Kier alpha value is -3.97. The van der Waals surface area contributed by atoms with Crippen LogP contribution in [-0.2, 0) is 25.8 Å². The lowest BCUT2D eigenvalue weighted by molar-refractivity contribution is -0.139. The topological polar surface area (TPSA) is 102 Å². The van der Waals surface area contributed by atoms with Gasteiger partial charge in [-0.2, -0.15) is 13.2 Å². The molecule has 0 bridgehead atoms. The Morgan fingerprint density at radius 2 is 1.73 bits per heavy atom. The van der Waals surface area contributed by atoms with E-state index in [1.54, 1.807) is 30.3 Å². The van der Waals surface area contributed by atoms with Crippen LogP contribution in [0, 0.1) is 12.8 Å². The number of rotatable bonds is 7. The number of fused-ring (bicyclic) bond motifs is 1. The maximum absolute atomic E-state index is 14.0. The lowest BCUT2D eigenvalue weighted by atomic mass is 9.97. The Bertz CT molecular complexity index is 1690. The van der Waals surface area contributed by atoms with E-state index in [1.807, 2.05) is 6.92 Å². The number of hydrogen-bond donors (Lipinski definition) is 1. The third-order valence-electron chi connectivity index (χ3n) is 7.14. The van der Waals surface area contributed by atoms with Gasteiger partial charge in [0, 0.05) is 29.0 Å². The number of hydrogen-bond acceptors (Lipinski definition) is 7. The van der Waals surface area contributed by atoms with Crippen LogP contribution in [0.2, 0.25) is 0 Å². The molecule has 0 aromatic heterocycles. The lowest BCUT2D eigenvalue weighted by Gasteiger charge is -2.31. The number of benzene rings is 3. The molecule has 2 aliphatic heterocycles. The highest BCUT2D eigenvalue weighted by molar-refractivity contribution is 7.99. The van der Waals surface area contributed by atoms with E-state index in [4.69, 9.17) is 9.47 Å². The molecule has 3 aromatic carbocycles. The predicted molar refractivity (Wildman–Crippen MR) is 158 cm³/mol. The van der Waals surface area contributed by atoms with E-state index in [-0.39, 0.29) is 21.9 Å². The number of alkyl halides is 3. The van der Waals surface area contributed by atoms with Crippen molar-refractivity contribution in [2.24, 2.45) is 5.92 Å². The average Bonchev–Trinajstić information content (AvgIpc) is 3.00. The summed E-state index contributed by atoms with van der Waals surface area (Å²) in [6.45, 7) is 2.88. The first kappa shape index (κ1) is 31.5. The molecule has 1 fully saturated rings. The van der Waals surface area contributed by atoms with Gasteiger partial charge < -0.3 is 14.4 Å². The molecule has 1 unspecified atom stereocenters. The molecule has 1 saturated heterocycles. The zero-order valence-electron chi connectivity index (χ0n) is 23.6. The number of nitrogens with one attached hydrogen (secondary N) is 1. The van der Waals surface area contributed by atoms with Crippen LogP contribution in [-0.4, -0.2) is 51.4 Å². The molecule has 1 atom stereocenters. The Balaban J connectivity index is 1.25. The number of aryl methyl sites for hydroxylation is 1. The smallest absolute Gasteiger partial charge is 0.417 e. The standard InChI is InChI=1S/C31H29F3N2O6S2/c1-20-4-9-24(10-5-20)44(39,40)35-30(38)22-3-2-14-36(19-22)29(37)13-7-21-6-12-28(25(17-21)31(32,33)34)43-23-8-11-26-27(18-23)42-16-15-41-26/h4-13,17-18,22H,2-3,14-16,19H2,1H3,(H,35,38). The van der Waals surface area contributed by atoms with Crippen molar-refractivity contribution in [1.29, 1.82) is 0 Å². The van der Waals surface area contributed by atoms with Crippen LogP contribution in [0.1, 0.15) is 29.5 Å². The number of piperidine rings is 1. The molecule has 2 amide bonds. The molecule has 1 N–H and O–H groups in total. The highest BCUT2D eigenvalue weighted by atomic mass is 32.2. The summed E-state index contributed by atoms with van der Waals surface area (Å²) in [6.07, 6.45) is -1.34. The van der Waals surface area contributed by atoms with Crippen molar-refractivity contribution in [3.05, 3.63) is 83.4 Å². The first-order chi connectivity index (χ1) is 20.9. The van der Waals surface area contributed by atoms with Crippen molar-refractivity contribution in [3.63, 3.8) is 0 Å². The molecular weight excluding hydrogens is 617 g/mol. The number of sulfonamides is 1. The van der Waals surface area contributed by atoms with E-state index in [9.17, 15) is 31.2 Å². The van der Waals surface area contributed by atoms with E-state index in [1.165, 1.54) is 35.2 Å². The quantitative estimate of drug-likeness (QED) is 0.329. The van der Waals surface area contributed by atoms with Gasteiger partial charge in [-0.15, -0.1) is 0 Å². The van der Waals surface area contributed by atoms with Gasteiger partial charge >= 0.3 is 6.18 Å². The van der Waals surface area contributed by atoms with Gasteiger partial charge in [0.1, 0.15) is 13.2 Å². The molecule has 2 aliphatic rings. The van der Waals surface area contributed by atoms with E-state index in [0.29, 0.717) is 49.0 Å². The predicted octanol–water partition coefficient (Wildman–Crippen LogP) is 5.69. The molecule has 232 valence electrons. The second-order valence-electron chi connectivity index (χ2n) is 10.4. The first-order valence-electron chi connectivity index (χ1n) is 13.8. The van der Waals surface area contributed by atoms with Gasteiger partial charge in [0.2, 0.25) is 11.8 Å². The third-order valence-corrected chi connectivity index (χ3v) is 9.57. The Labute approximate surface area is 257 Å². The van der Waals surface area contributed by atoms with Crippen molar-refractivity contribution in [2.45, 2.75) is 40.6 Å². The maximum Gasteiger partial charge on any atom is 0.417 e. The van der Waals surface area contributed by atoms with Gasteiger partial charge in [0.25, 0.3) is 10.0 Å². The highest BCUT2D eigenvalue weighted by Crippen LogP contribution is 2.42. The summed E-state index contributed by atoms with van der Waals surface area (Å²) in [7, 11) is -4.08. The van der Waals surface area contributed by atoms with E-state index in [0.717, 1.165) is 29.5 Å². The second-order valence-corrected chi connectivity index (χ2v) is 13.2. The molecule has 0 saturated carbocycles. The van der Waals surface area contributed by atoms with Gasteiger partial charge in [-0.3, -0.25) is 9.59 Å². The van der Waals surface area contributed by atoms with Crippen molar-refractivity contribution in [1.82, 2.24) is 9.62 Å². The average molecular weight is 647 g/mol. The number of carbonyl (C=O) groups excluding carboxylic acids is 2. The summed E-state index contributed by atoms with van der Waals surface area (Å²) in [5.41, 5.74) is 0.190. The molecule has 0 spiro atoms. The van der Waals surface area contributed by atoms with Crippen LogP contribution < -0.4 is 14.2 Å². The van der Waals surface area contributed by atoms with Crippen molar-refractivity contribution in [2.75, 3.05) is 26.3 Å². The number of likely N-dealkylation sites (tertiary alicyclic amines) is 1. The number of nitrogens with zero attached hydrogens (tertiary/aromatic N) is 1. The minimum atomic E-state index is -4.64. The Morgan fingerprint density at radius 3 is 2.45 bits per heavy atom. The van der Waals surface area contributed by atoms with Crippen molar-refractivity contribution >= 4 is 39.7 Å². The van der Waals surface area contributed by atoms with Gasteiger partial charge in [-0.05, 0) is 73.9 Å². The van der Waals surface area contributed by atoms with Gasteiger partial charge in [-0.25, -0.2) is 13.1 Å². The van der Waals surface area contributed by atoms with Crippen LogP contribution >= 0.6 is 11.8 Å². The molecule has 8 nitrogen and oxygen atoms in total. The lowest BCUT2D eigenvalue weighted by Crippen LogP contribution is -2.46. The zero-order valence-corrected chi connectivity index (χ0v) is 25.2. The van der Waals surface area contributed by atoms with E-state index < -0.39 is 39.5 Å². The number of carbonyl (C=O) groups is 2. The Morgan fingerprint density at radius 1 is 1.00 bits per heavy atom. The summed E-state index contributed by atoms with van der Waals surface area (Å²) < 4.78 is 80.4. The highest BCUT2D eigenvalue weighted by Gasteiger charge is 2.34. The van der Waals surface area contributed by atoms with Crippen LogP contribution in [0.25, 0.3) is 6.08 Å². The fourth-order valence-electron chi connectivity index (χ4n) is 4.83. The van der Waals surface area contributed by atoms with Crippen LogP contribution in [0.5, 0.6) is 11.5 Å². The Kier molecular flexibility index (Phi) is 9.26. The van der Waals surface area contributed by atoms with Gasteiger partial charge in [-0.1, -0.05) is 35.5 Å². The van der Waals surface area contributed by atoms with Crippen LogP contribution in [0.15, 0.2) is 81.4 Å². The number of amides is 2. The zero-order chi connectivity index (χ0) is 31.5. The summed E-state index contributed by atoms with van der Waals surface area (Å²) in [5, 5.41) is 0. The fraction of sp³-hybridized carbons (Fsp3) is 0.290. The summed E-state index contributed by atoms with van der Waals surface area (Å²) in [6, 6.07) is 14.8. The van der Waals surface area contributed by atoms with Crippen molar-refractivity contribution < 1.29 is 40.7 Å². The van der Waals surface area contributed by atoms with Gasteiger partial charge in [0.05, 0.1) is 16.4 Å². The molecular formula is C31H29F3N2O6S2. The maximum atomic E-state index is 14.0. The summed E-state index contributed by atoms with van der Waals surface area (Å²) >= 11 is 0.940. The van der Waals surface area contributed by atoms with Crippen LogP contribution in [0.3, 0.4) is 0 Å². The van der Waals surface area contributed by atoms with Gasteiger partial charge in [0.15, 0.2) is 11.5 Å². The first-order valence-corrected chi connectivity index (χ1v) is 16.1. The molecule has 44 heavy (non-hydrogen) atoms.